The first-order chi connectivity index (χ1) is 9.61. The highest BCUT2D eigenvalue weighted by Crippen LogP contribution is 2.24. The van der Waals surface area contributed by atoms with E-state index in [9.17, 15) is 14.9 Å². The normalized spacial score (nSPS) is 10.1. The minimum Gasteiger partial charge on any atom is -0.364 e. The van der Waals surface area contributed by atoms with Gasteiger partial charge < -0.3 is 15.3 Å². The number of aromatic nitrogens is 1. The van der Waals surface area contributed by atoms with Gasteiger partial charge in [0.1, 0.15) is 17.6 Å². The number of nitrogen functional groups attached to an aromatic ring is 1. The Morgan fingerprint density at radius 2 is 2.25 bits per heavy atom. The van der Waals surface area contributed by atoms with E-state index in [-0.39, 0.29) is 23.5 Å². The quantitative estimate of drug-likeness (QED) is 0.417. The molecule has 1 amide bonds. The van der Waals surface area contributed by atoms with Gasteiger partial charge in [-0.1, -0.05) is 5.16 Å². The van der Waals surface area contributed by atoms with Crippen molar-refractivity contribution in [3.8, 4) is 0 Å². The molecule has 4 N–H and O–H groups in total. The highest BCUT2D eigenvalue weighted by Gasteiger charge is 2.16. The van der Waals surface area contributed by atoms with Crippen molar-refractivity contribution >= 4 is 17.3 Å². The van der Waals surface area contributed by atoms with Gasteiger partial charge in [-0.3, -0.25) is 20.8 Å². The molecule has 0 fully saturated rings. The Morgan fingerprint density at radius 3 is 2.85 bits per heavy atom. The van der Waals surface area contributed by atoms with Crippen LogP contribution in [0.5, 0.6) is 0 Å². The molecule has 0 aliphatic carbocycles. The van der Waals surface area contributed by atoms with Crippen molar-refractivity contribution in [2.24, 2.45) is 5.84 Å². The van der Waals surface area contributed by atoms with E-state index in [4.69, 9.17) is 5.84 Å². The summed E-state index contributed by atoms with van der Waals surface area (Å²) in [5.74, 6) is 4.80. The summed E-state index contributed by atoms with van der Waals surface area (Å²) in [6, 6.07) is 5.47. The van der Waals surface area contributed by atoms with E-state index < -0.39 is 10.8 Å². The summed E-state index contributed by atoms with van der Waals surface area (Å²) in [6.45, 7) is 0.192. The zero-order chi connectivity index (χ0) is 14.5. The number of rotatable bonds is 5. The number of anilines is 1. The largest absolute Gasteiger partial charge is 0.364 e. The van der Waals surface area contributed by atoms with Crippen LogP contribution in [0.15, 0.2) is 35.1 Å². The van der Waals surface area contributed by atoms with Gasteiger partial charge in [0.05, 0.1) is 11.5 Å². The molecule has 20 heavy (non-hydrogen) atoms. The maximum atomic E-state index is 11.9. The second kappa shape index (κ2) is 5.80. The Kier molecular flexibility index (Phi) is 3.91. The Morgan fingerprint density at radius 1 is 1.45 bits per heavy atom. The first-order valence-electron chi connectivity index (χ1n) is 5.54. The number of benzene rings is 1. The van der Waals surface area contributed by atoms with Gasteiger partial charge in [0.15, 0.2) is 0 Å². The number of carbonyl (C=O) groups is 1. The molecule has 0 atom stereocenters. The summed E-state index contributed by atoms with van der Waals surface area (Å²) in [5, 5.41) is 17.0. The fourth-order valence-corrected chi connectivity index (χ4v) is 1.55. The Bertz CT molecular complexity index is 626. The number of nitrogens with zero attached hydrogens (tertiary/aromatic N) is 2. The summed E-state index contributed by atoms with van der Waals surface area (Å²) < 4.78 is 4.63. The van der Waals surface area contributed by atoms with Crippen LogP contribution in [0.1, 0.15) is 16.1 Å². The van der Waals surface area contributed by atoms with E-state index >= 15 is 0 Å². The van der Waals surface area contributed by atoms with Gasteiger partial charge in [-0.15, -0.1) is 0 Å². The summed E-state index contributed by atoms with van der Waals surface area (Å²) >= 11 is 0. The molecule has 1 aromatic heterocycles. The van der Waals surface area contributed by atoms with Crippen LogP contribution in [0.4, 0.5) is 11.4 Å². The Balaban J connectivity index is 2.12. The van der Waals surface area contributed by atoms with Gasteiger partial charge in [0.2, 0.25) is 0 Å². The van der Waals surface area contributed by atoms with Crippen LogP contribution in [-0.2, 0) is 6.54 Å². The van der Waals surface area contributed by atoms with E-state index in [0.29, 0.717) is 5.69 Å². The summed E-state index contributed by atoms with van der Waals surface area (Å²) in [4.78, 5) is 22.0. The van der Waals surface area contributed by atoms with Crippen molar-refractivity contribution in [3.05, 3.63) is 51.9 Å². The topological polar surface area (TPSA) is 136 Å². The maximum absolute atomic E-state index is 11.9. The van der Waals surface area contributed by atoms with Crippen LogP contribution in [0, 0.1) is 10.1 Å². The Hall–Kier alpha value is -2.94. The van der Waals surface area contributed by atoms with Gasteiger partial charge in [0.25, 0.3) is 11.6 Å². The molecule has 0 aliphatic rings. The highest BCUT2D eigenvalue weighted by atomic mass is 16.6. The molecule has 9 heteroatoms. The lowest BCUT2D eigenvalue weighted by Crippen LogP contribution is -2.23. The predicted molar refractivity (Wildman–Crippen MR) is 68.6 cm³/mol. The van der Waals surface area contributed by atoms with Crippen LogP contribution < -0.4 is 16.6 Å². The minimum absolute atomic E-state index is 0.0593. The lowest BCUT2D eigenvalue weighted by atomic mass is 10.1. The summed E-state index contributed by atoms with van der Waals surface area (Å²) in [5.41, 5.74) is 2.85. The molecule has 104 valence electrons. The third kappa shape index (κ3) is 2.90. The highest BCUT2D eigenvalue weighted by molar-refractivity contribution is 5.95. The van der Waals surface area contributed by atoms with Gasteiger partial charge in [-0.25, -0.2) is 0 Å². The zero-order valence-electron chi connectivity index (χ0n) is 10.2. The lowest BCUT2D eigenvalue weighted by molar-refractivity contribution is -0.384. The van der Waals surface area contributed by atoms with Crippen LogP contribution in [0.3, 0.4) is 0 Å². The Labute approximate surface area is 112 Å². The van der Waals surface area contributed by atoms with Gasteiger partial charge in [-0.2, -0.15) is 0 Å². The monoisotopic (exact) mass is 277 g/mol. The number of nitro groups is 1. The van der Waals surface area contributed by atoms with Crippen molar-refractivity contribution in [1.82, 2.24) is 10.5 Å². The molecule has 2 rings (SSSR count). The molecule has 0 aliphatic heterocycles. The van der Waals surface area contributed by atoms with Crippen molar-refractivity contribution in [3.63, 3.8) is 0 Å². The number of hydrogen-bond donors (Lipinski definition) is 3. The molecule has 0 bridgehead atoms. The van der Waals surface area contributed by atoms with Crippen molar-refractivity contribution in [2.75, 3.05) is 5.43 Å². The third-order valence-corrected chi connectivity index (χ3v) is 2.53. The minimum atomic E-state index is -0.591. The molecular formula is C11H11N5O4. The molecule has 0 unspecified atom stereocenters. The van der Waals surface area contributed by atoms with E-state index in [1.807, 2.05) is 0 Å². The molecule has 1 heterocycles. The zero-order valence-corrected chi connectivity index (χ0v) is 10.2. The molecule has 1 aromatic carbocycles. The second-order valence-corrected chi connectivity index (χ2v) is 3.81. The number of amides is 1. The first kappa shape index (κ1) is 13.5. The van der Waals surface area contributed by atoms with Crippen LogP contribution >= 0.6 is 0 Å². The fraction of sp³-hybridized carbons (Fsp3) is 0.0909. The van der Waals surface area contributed by atoms with E-state index in [1.54, 1.807) is 6.07 Å². The first-order valence-corrected chi connectivity index (χ1v) is 5.54. The molecule has 0 spiro atoms. The van der Waals surface area contributed by atoms with Gasteiger partial charge in [-0.05, 0) is 12.1 Å². The van der Waals surface area contributed by atoms with Crippen molar-refractivity contribution < 1.29 is 14.2 Å². The smallest absolute Gasteiger partial charge is 0.293 e. The third-order valence-electron chi connectivity index (χ3n) is 2.53. The number of nitrogens with one attached hydrogen (secondary N) is 2. The summed E-state index contributed by atoms with van der Waals surface area (Å²) in [6.07, 6.45) is 1.39. The molecule has 2 aromatic rings. The van der Waals surface area contributed by atoms with Crippen molar-refractivity contribution in [1.29, 1.82) is 0 Å². The van der Waals surface area contributed by atoms with E-state index in [0.717, 1.165) is 0 Å². The molecule has 0 radical (unpaired) electrons. The number of hydrazine groups is 1. The van der Waals surface area contributed by atoms with Gasteiger partial charge >= 0.3 is 0 Å². The molecular weight excluding hydrogens is 266 g/mol. The fourth-order valence-electron chi connectivity index (χ4n) is 1.55. The molecule has 0 saturated carbocycles. The SMILES string of the molecule is NNc1cc(C(=O)NCc2ccon2)ccc1[N+](=O)[O-]. The average molecular weight is 277 g/mol. The van der Waals surface area contributed by atoms with E-state index in [1.165, 1.54) is 24.5 Å². The van der Waals surface area contributed by atoms with Crippen LogP contribution in [-0.4, -0.2) is 16.0 Å². The van der Waals surface area contributed by atoms with Gasteiger partial charge in [0, 0.05) is 17.7 Å². The number of nitrogens with two attached hydrogens (primary N) is 1. The number of hydrogen-bond acceptors (Lipinski definition) is 7. The van der Waals surface area contributed by atoms with Crippen LogP contribution in [0.25, 0.3) is 0 Å². The maximum Gasteiger partial charge on any atom is 0.293 e. The summed E-state index contributed by atoms with van der Waals surface area (Å²) in [7, 11) is 0. The molecule has 9 nitrogen and oxygen atoms in total. The van der Waals surface area contributed by atoms with Crippen molar-refractivity contribution in [2.45, 2.75) is 6.54 Å². The number of carbonyl (C=O) groups excluding carboxylic acids is 1. The average Bonchev–Trinajstić information content (AvgIpc) is 2.97. The van der Waals surface area contributed by atoms with Crippen LogP contribution in [0.2, 0.25) is 0 Å². The lowest BCUT2D eigenvalue weighted by Gasteiger charge is -2.06. The van der Waals surface area contributed by atoms with E-state index in [2.05, 4.69) is 20.4 Å². The number of nitro benzene ring substituents is 1. The predicted octanol–water partition coefficient (Wildman–Crippen LogP) is 0.798. The second-order valence-electron chi connectivity index (χ2n) is 3.81. The molecule has 0 saturated heterocycles. The standard InChI is InChI=1S/C11H11N5O4/c12-14-9-5-7(1-2-10(9)16(18)19)11(17)13-6-8-3-4-20-15-8/h1-5,14H,6,12H2,(H,13,17).